The number of rotatable bonds is 2. The summed E-state index contributed by atoms with van der Waals surface area (Å²) in [6.45, 7) is 3.76. The predicted molar refractivity (Wildman–Crippen MR) is 81.0 cm³/mol. The quantitative estimate of drug-likeness (QED) is 0.547. The number of fused-ring (bicyclic) bond motifs is 1. The summed E-state index contributed by atoms with van der Waals surface area (Å²) in [6, 6.07) is -0.710. The second-order valence-corrected chi connectivity index (χ2v) is 7.00. The van der Waals surface area contributed by atoms with E-state index in [2.05, 4.69) is 12.2 Å². The lowest BCUT2D eigenvalue weighted by Crippen LogP contribution is -2.52. The Labute approximate surface area is 135 Å². The lowest BCUT2D eigenvalue weighted by molar-refractivity contribution is -0.152. The molecule has 3 fully saturated rings. The molecule has 5 rings (SSSR count). The van der Waals surface area contributed by atoms with Crippen LogP contribution in [0.15, 0.2) is 12.2 Å². The Bertz CT molecular complexity index is 549. The van der Waals surface area contributed by atoms with Gasteiger partial charge in [-0.25, -0.2) is 0 Å². The molecule has 6 nitrogen and oxygen atoms in total. The molecule has 6 heteroatoms. The molecule has 0 aromatic rings. The number of ether oxygens (including phenoxy) is 1. The van der Waals surface area contributed by atoms with Gasteiger partial charge in [0.25, 0.3) is 0 Å². The molecule has 5 aliphatic rings. The van der Waals surface area contributed by atoms with Gasteiger partial charge < -0.3 is 9.64 Å². The van der Waals surface area contributed by atoms with E-state index in [1.54, 1.807) is 11.8 Å². The van der Waals surface area contributed by atoms with Crippen LogP contribution in [0.4, 0.5) is 0 Å². The second kappa shape index (κ2) is 5.44. The summed E-state index contributed by atoms with van der Waals surface area (Å²) in [5.74, 6) is -0.595. The van der Waals surface area contributed by atoms with Gasteiger partial charge in [0.05, 0.1) is 25.0 Å². The molecule has 0 aromatic heterocycles. The zero-order valence-electron chi connectivity index (χ0n) is 13.3. The molecule has 0 aromatic carbocycles. The van der Waals surface area contributed by atoms with E-state index < -0.39 is 6.04 Å². The van der Waals surface area contributed by atoms with E-state index in [1.165, 1.54) is 4.90 Å². The molecule has 3 aliphatic carbocycles. The van der Waals surface area contributed by atoms with Crippen molar-refractivity contribution in [3.63, 3.8) is 0 Å². The normalized spacial score (nSPS) is 37.3. The van der Waals surface area contributed by atoms with Crippen LogP contribution in [0, 0.1) is 23.7 Å². The van der Waals surface area contributed by atoms with Gasteiger partial charge >= 0.3 is 0 Å². The van der Waals surface area contributed by atoms with Gasteiger partial charge in [-0.15, -0.1) is 0 Å². The topological polar surface area (TPSA) is 66.9 Å². The SMILES string of the molecule is C[C@@H](C(=O)N1CCOCC1)N1C(=O)[C@@H]2[C@H](C1=O)[C@H]1C=C[C@H]2CC1. The van der Waals surface area contributed by atoms with Crippen LogP contribution in [0.25, 0.3) is 0 Å². The number of amides is 3. The number of carbonyl (C=O) groups excluding carboxylic acids is 3. The van der Waals surface area contributed by atoms with Gasteiger partial charge in [-0.05, 0) is 31.6 Å². The zero-order chi connectivity index (χ0) is 16.1. The molecule has 23 heavy (non-hydrogen) atoms. The minimum Gasteiger partial charge on any atom is -0.378 e. The highest BCUT2D eigenvalue weighted by Gasteiger charge is 2.58. The fraction of sp³-hybridized carbons (Fsp3) is 0.706. The molecule has 2 heterocycles. The Morgan fingerprint density at radius 2 is 1.61 bits per heavy atom. The van der Waals surface area contributed by atoms with Gasteiger partial charge in [0.2, 0.25) is 17.7 Å². The van der Waals surface area contributed by atoms with Gasteiger partial charge in [0.1, 0.15) is 6.04 Å². The van der Waals surface area contributed by atoms with Crippen molar-refractivity contribution in [1.29, 1.82) is 0 Å². The van der Waals surface area contributed by atoms with Crippen molar-refractivity contribution in [1.82, 2.24) is 9.80 Å². The van der Waals surface area contributed by atoms with Crippen molar-refractivity contribution >= 4 is 17.7 Å². The first-order chi connectivity index (χ1) is 11.1. The maximum Gasteiger partial charge on any atom is 0.245 e. The Morgan fingerprint density at radius 1 is 1.09 bits per heavy atom. The van der Waals surface area contributed by atoms with Crippen LogP contribution in [0.2, 0.25) is 0 Å². The van der Waals surface area contributed by atoms with Crippen molar-refractivity contribution in [2.75, 3.05) is 26.3 Å². The third-order valence-corrected chi connectivity index (χ3v) is 5.86. The van der Waals surface area contributed by atoms with Crippen molar-refractivity contribution in [3.05, 3.63) is 12.2 Å². The largest absolute Gasteiger partial charge is 0.378 e. The summed E-state index contributed by atoms with van der Waals surface area (Å²) in [4.78, 5) is 41.3. The molecule has 2 saturated heterocycles. The summed E-state index contributed by atoms with van der Waals surface area (Å²) in [6.07, 6.45) is 6.14. The van der Waals surface area contributed by atoms with E-state index in [0.717, 1.165) is 12.8 Å². The van der Waals surface area contributed by atoms with Crippen molar-refractivity contribution < 1.29 is 19.1 Å². The van der Waals surface area contributed by atoms with Crippen LogP contribution in [0.5, 0.6) is 0 Å². The van der Waals surface area contributed by atoms with Gasteiger partial charge in [-0.2, -0.15) is 0 Å². The first-order valence-electron chi connectivity index (χ1n) is 8.51. The fourth-order valence-corrected chi connectivity index (χ4v) is 4.64. The standard InChI is InChI=1S/C17H22N2O4/c1-10(15(20)18-6-8-23-9-7-18)19-16(21)13-11-2-3-12(5-4-11)14(13)17(19)22/h2-3,10-14H,4-9H2,1H3/t10-,11-,12-,13-,14+/m0/s1. The number of hydrogen-bond acceptors (Lipinski definition) is 4. The van der Waals surface area contributed by atoms with Gasteiger partial charge in [-0.3, -0.25) is 19.3 Å². The van der Waals surface area contributed by atoms with Gasteiger partial charge in [0, 0.05) is 13.1 Å². The van der Waals surface area contributed by atoms with E-state index in [0.29, 0.717) is 26.3 Å². The van der Waals surface area contributed by atoms with E-state index >= 15 is 0 Å². The Kier molecular flexibility index (Phi) is 3.52. The molecular weight excluding hydrogens is 296 g/mol. The van der Waals surface area contributed by atoms with E-state index in [1.807, 2.05) is 0 Å². The number of likely N-dealkylation sites (tertiary alicyclic amines) is 1. The Balaban J connectivity index is 1.56. The van der Waals surface area contributed by atoms with E-state index in [9.17, 15) is 14.4 Å². The van der Waals surface area contributed by atoms with Crippen LogP contribution in [0.3, 0.4) is 0 Å². The highest BCUT2D eigenvalue weighted by Crippen LogP contribution is 2.49. The van der Waals surface area contributed by atoms with Crippen LogP contribution >= 0.6 is 0 Å². The molecule has 124 valence electrons. The first kappa shape index (κ1) is 14.9. The maximum atomic E-state index is 12.8. The summed E-state index contributed by atoms with van der Waals surface area (Å²) >= 11 is 0. The average molecular weight is 318 g/mol. The van der Waals surface area contributed by atoms with Crippen LogP contribution in [-0.2, 0) is 19.1 Å². The number of carbonyl (C=O) groups is 3. The highest BCUT2D eigenvalue weighted by atomic mass is 16.5. The summed E-state index contributed by atoms with van der Waals surface area (Å²) in [7, 11) is 0. The number of hydrogen-bond donors (Lipinski definition) is 0. The molecule has 3 amide bonds. The lowest BCUT2D eigenvalue weighted by Gasteiger charge is -2.38. The second-order valence-electron chi connectivity index (χ2n) is 7.00. The number of imide groups is 1. The molecule has 5 atom stereocenters. The lowest BCUT2D eigenvalue weighted by atomic mass is 9.63. The van der Waals surface area contributed by atoms with Crippen LogP contribution < -0.4 is 0 Å². The third-order valence-electron chi connectivity index (χ3n) is 5.86. The average Bonchev–Trinajstić information content (AvgIpc) is 2.89. The molecule has 0 N–H and O–H groups in total. The summed E-state index contributed by atoms with van der Waals surface area (Å²) in [5, 5.41) is 0. The summed E-state index contributed by atoms with van der Waals surface area (Å²) < 4.78 is 5.26. The number of nitrogens with zero attached hydrogens (tertiary/aromatic N) is 2. The van der Waals surface area contributed by atoms with Crippen LogP contribution in [-0.4, -0.2) is 59.9 Å². The molecule has 0 radical (unpaired) electrons. The van der Waals surface area contributed by atoms with Gasteiger partial charge in [0.15, 0.2) is 0 Å². The summed E-state index contributed by atoms with van der Waals surface area (Å²) in [5.41, 5.74) is 0. The molecule has 0 unspecified atom stereocenters. The fourth-order valence-electron chi connectivity index (χ4n) is 4.64. The third kappa shape index (κ3) is 2.15. The molecule has 2 aliphatic heterocycles. The molecular formula is C17H22N2O4. The van der Waals surface area contributed by atoms with E-state index in [4.69, 9.17) is 4.74 Å². The number of allylic oxidation sites excluding steroid dienone is 2. The van der Waals surface area contributed by atoms with Gasteiger partial charge in [-0.1, -0.05) is 12.2 Å². The molecule has 0 spiro atoms. The minimum atomic E-state index is -0.710. The van der Waals surface area contributed by atoms with Crippen molar-refractivity contribution in [2.45, 2.75) is 25.8 Å². The Morgan fingerprint density at radius 3 is 2.09 bits per heavy atom. The predicted octanol–water partition coefficient (Wildman–Crippen LogP) is 0.431. The Hall–Kier alpha value is -1.69. The highest BCUT2D eigenvalue weighted by molar-refractivity contribution is 6.09. The van der Waals surface area contributed by atoms with E-state index in [-0.39, 0.29) is 41.4 Å². The minimum absolute atomic E-state index is 0.144. The van der Waals surface area contributed by atoms with Crippen LogP contribution in [0.1, 0.15) is 19.8 Å². The molecule has 1 saturated carbocycles. The molecule has 2 bridgehead atoms. The zero-order valence-corrected chi connectivity index (χ0v) is 13.3. The smallest absolute Gasteiger partial charge is 0.245 e. The monoisotopic (exact) mass is 318 g/mol. The number of morpholine rings is 1. The maximum absolute atomic E-state index is 12.8. The van der Waals surface area contributed by atoms with Crippen molar-refractivity contribution in [2.24, 2.45) is 23.7 Å². The first-order valence-corrected chi connectivity index (χ1v) is 8.51. The van der Waals surface area contributed by atoms with Crippen molar-refractivity contribution in [3.8, 4) is 0 Å².